The Morgan fingerprint density at radius 2 is 1.81 bits per heavy atom. The lowest BCUT2D eigenvalue weighted by Crippen LogP contribution is -2.30. The van der Waals surface area contributed by atoms with Crippen LogP contribution in [-0.2, 0) is 16.6 Å². The zero-order valence-electron chi connectivity index (χ0n) is 14.6. The van der Waals surface area contributed by atoms with Gasteiger partial charge in [0.25, 0.3) is 5.56 Å². The topological polar surface area (TPSA) is 83.1 Å². The van der Waals surface area contributed by atoms with Gasteiger partial charge in [-0.25, -0.2) is 13.5 Å². The molecular weight excluding hydrogens is 386 g/mol. The van der Waals surface area contributed by atoms with Crippen LogP contribution in [0.3, 0.4) is 0 Å². The van der Waals surface area contributed by atoms with Crippen molar-refractivity contribution in [1.29, 1.82) is 0 Å². The maximum Gasteiger partial charge on any atom is 0.264 e. The molecule has 140 valence electrons. The predicted molar refractivity (Wildman–Crippen MR) is 105 cm³/mol. The Labute approximate surface area is 162 Å². The van der Waals surface area contributed by atoms with Gasteiger partial charge in [0.1, 0.15) is 4.90 Å². The second kappa shape index (κ2) is 8.04. The number of aromatic amines is 1. The molecule has 2 aromatic carbocycles. The molecule has 0 aliphatic carbocycles. The Morgan fingerprint density at radius 3 is 2.44 bits per heavy atom. The van der Waals surface area contributed by atoms with Gasteiger partial charge in [-0.3, -0.25) is 4.79 Å². The maximum absolute atomic E-state index is 13.2. The lowest BCUT2D eigenvalue weighted by molar-refractivity contribution is 0.423. The van der Waals surface area contributed by atoms with E-state index in [0.29, 0.717) is 17.8 Å². The van der Waals surface area contributed by atoms with E-state index in [9.17, 15) is 13.2 Å². The summed E-state index contributed by atoms with van der Waals surface area (Å²) in [5.74, 6) is 0. The minimum absolute atomic E-state index is 0.00690. The number of nitrogens with zero attached hydrogens (tertiary/aromatic N) is 2. The first-order valence-electron chi connectivity index (χ1n) is 8.31. The minimum Gasteiger partial charge on any atom is -0.268 e. The van der Waals surface area contributed by atoms with Gasteiger partial charge in [0.15, 0.2) is 0 Å². The zero-order valence-corrected chi connectivity index (χ0v) is 16.2. The molecule has 0 saturated carbocycles. The van der Waals surface area contributed by atoms with Crippen molar-refractivity contribution in [2.45, 2.75) is 18.4 Å². The van der Waals surface area contributed by atoms with Crippen LogP contribution in [0.25, 0.3) is 11.3 Å². The van der Waals surface area contributed by atoms with Gasteiger partial charge in [-0.15, -0.1) is 0 Å². The number of hydrogen-bond donors (Lipinski definition) is 1. The summed E-state index contributed by atoms with van der Waals surface area (Å²) in [5.41, 5.74) is 1.55. The van der Waals surface area contributed by atoms with Gasteiger partial charge in [0.05, 0.1) is 10.7 Å². The number of aromatic nitrogens is 2. The Kier molecular flexibility index (Phi) is 5.74. The standard InChI is InChI=1S/C19H18ClN3O3S/c1-2-23(13-14-6-4-3-5-7-14)27(25,26)18-12-15(8-9-16(18)20)17-10-11-19(24)22-21-17/h3-12H,2,13H2,1H3,(H,22,24). The molecule has 0 unspecified atom stereocenters. The number of sulfonamides is 1. The quantitative estimate of drug-likeness (QED) is 0.684. The number of hydrogen-bond acceptors (Lipinski definition) is 4. The van der Waals surface area contributed by atoms with Gasteiger partial charge in [-0.05, 0) is 23.8 Å². The van der Waals surface area contributed by atoms with Crippen LogP contribution < -0.4 is 5.56 Å². The smallest absolute Gasteiger partial charge is 0.264 e. The molecule has 0 aliphatic rings. The van der Waals surface area contributed by atoms with E-state index in [2.05, 4.69) is 10.2 Å². The van der Waals surface area contributed by atoms with E-state index in [1.54, 1.807) is 13.0 Å². The molecular formula is C19H18ClN3O3S. The highest BCUT2D eigenvalue weighted by atomic mass is 35.5. The summed E-state index contributed by atoms with van der Waals surface area (Å²) in [6, 6.07) is 16.9. The van der Waals surface area contributed by atoms with E-state index >= 15 is 0 Å². The van der Waals surface area contributed by atoms with Gasteiger partial charge >= 0.3 is 0 Å². The first-order valence-corrected chi connectivity index (χ1v) is 10.1. The van der Waals surface area contributed by atoms with E-state index in [1.807, 2.05) is 30.3 Å². The SMILES string of the molecule is CCN(Cc1ccccc1)S(=O)(=O)c1cc(-c2ccc(=O)[nH]n2)ccc1Cl. The lowest BCUT2D eigenvalue weighted by Gasteiger charge is -2.21. The third-order valence-corrected chi connectivity index (χ3v) is 6.48. The fourth-order valence-corrected chi connectivity index (χ4v) is 4.60. The van der Waals surface area contributed by atoms with Gasteiger partial charge in [0.2, 0.25) is 10.0 Å². The van der Waals surface area contributed by atoms with E-state index in [1.165, 1.54) is 28.6 Å². The minimum atomic E-state index is -3.82. The summed E-state index contributed by atoms with van der Waals surface area (Å²) in [4.78, 5) is 11.2. The summed E-state index contributed by atoms with van der Waals surface area (Å²) < 4.78 is 27.7. The first kappa shape index (κ1) is 19.3. The van der Waals surface area contributed by atoms with Crippen LogP contribution in [0.4, 0.5) is 0 Å². The first-order chi connectivity index (χ1) is 12.9. The van der Waals surface area contributed by atoms with Crippen molar-refractivity contribution < 1.29 is 8.42 Å². The number of H-pyrrole nitrogens is 1. The average molecular weight is 404 g/mol. The van der Waals surface area contributed by atoms with Gasteiger partial charge in [-0.1, -0.05) is 54.9 Å². The molecule has 1 heterocycles. The van der Waals surface area contributed by atoms with Crippen LogP contribution in [0.5, 0.6) is 0 Å². The van der Waals surface area contributed by atoms with Crippen LogP contribution >= 0.6 is 11.6 Å². The number of halogens is 1. The molecule has 6 nitrogen and oxygen atoms in total. The lowest BCUT2D eigenvalue weighted by atomic mass is 10.1. The van der Waals surface area contributed by atoms with Crippen molar-refractivity contribution in [3.05, 3.63) is 81.6 Å². The molecule has 0 bridgehead atoms. The van der Waals surface area contributed by atoms with Crippen molar-refractivity contribution in [3.63, 3.8) is 0 Å². The molecule has 3 aromatic rings. The summed E-state index contributed by atoms with van der Waals surface area (Å²) in [5, 5.41) is 6.42. The monoisotopic (exact) mass is 403 g/mol. The van der Waals surface area contributed by atoms with Crippen LogP contribution in [-0.4, -0.2) is 29.5 Å². The van der Waals surface area contributed by atoms with Crippen molar-refractivity contribution >= 4 is 21.6 Å². The third-order valence-electron chi connectivity index (χ3n) is 4.08. The normalized spacial score (nSPS) is 11.7. The van der Waals surface area contributed by atoms with Crippen molar-refractivity contribution in [2.75, 3.05) is 6.54 Å². The van der Waals surface area contributed by atoms with Gasteiger partial charge in [0, 0.05) is 24.7 Å². The van der Waals surface area contributed by atoms with E-state index in [-0.39, 0.29) is 22.0 Å². The Bertz CT molecular complexity index is 1080. The summed E-state index contributed by atoms with van der Waals surface area (Å²) in [6.45, 7) is 2.33. The van der Waals surface area contributed by atoms with E-state index in [4.69, 9.17) is 11.6 Å². The molecule has 0 radical (unpaired) electrons. The maximum atomic E-state index is 13.2. The largest absolute Gasteiger partial charge is 0.268 e. The van der Waals surface area contributed by atoms with Crippen molar-refractivity contribution in [1.82, 2.24) is 14.5 Å². The van der Waals surface area contributed by atoms with Crippen LogP contribution in [0.2, 0.25) is 5.02 Å². The average Bonchev–Trinajstić information content (AvgIpc) is 2.67. The fraction of sp³-hybridized carbons (Fsp3) is 0.158. The number of benzene rings is 2. The molecule has 8 heteroatoms. The Hall–Kier alpha value is -2.48. The second-order valence-electron chi connectivity index (χ2n) is 5.87. The highest BCUT2D eigenvalue weighted by Crippen LogP contribution is 2.30. The molecule has 0 atom stereocenters. The molecule has 0 saturated heterocycles. The zero-order chi connectivity index (χ0) is 19.4. The molecule has 1 N–H and O–H groups in total. The van der Waals surface area contributed by atoms with Crippen molar-refractivity contribution in [3.8, 4) is 11.3 Å². The van der Waals surface area contributed by atoms with Crippen molar-refractivity contribution in [2.24, 2.45) is 0 Å². The molecule has 0 aliphatic heterocycles. The highest BCUT2D eigenvalue weighted by Gasteiger charge is 2.26. The van der Waals surface area contributed by atoms with Gasteiger partial charge in [-0.2, -0.15) is 9.40 Å². The molecule has 0 spiro atoms. The third kappa shape index (κ3) is 4.27. The Morgan fingerprint density at radius 1 is 1.07 bits per heavy atom. The fourth-order valence-electron chi connectivity index (χ4n) is 2.66. The number of rotatable bonds is 6. The highest BCUT2D eigenvalue weighted by molar-refractivity contribution is 7.89. The van der Waals surface area contributed by atoms with E-state index in [0.717, 1.165) is 5.56 Å². The van der Waals surface area contributed by atoms with E-state index < -0.39 is 10.0 Å². The Balaban J connectivity index is 2.01. The summed E-state index contributed by atoms with van der Waals surface area (Å²) in [7, 11) is -3.82. The van der Waals surface area contributed by atoms with Crippen LogP contribution in [0.1, 0.15) is 12.5 Å². The molecule has 27 heavy (non-hydrogen) atoms. The second-order valence-corrected chi connectivity index (χ2v) is 8.18. The van der Waals surface area contributed by atoms with Crippen LogP contribution in [0, 0.1) is 0 Å². The number of nitrogens with one attached hydrogen (secondary N) is 1. The summed E-state index contributed by atoms with van der Waals surface area (Å²) in [6.07, 6.45) is 0. The molecule has 0 fully saturated rings. The van der Waals surface area contributed by atoms with Crippen LogP contribution in [0.15, 0.2) is 70.4 Å². The molecule has 1 aromatic heterocycles. The summed E-state index contributed by atoms with van der Waals surface area (Å²) >= 11 is 6.21. The van der Waals surface area contributed by atoms with Gasteiger partial charge < -0.3 is 0 Å². The molecule has 3 rings (SSSR count). The molecule has 0 amide bonds. The predicted octanol–water partition coefficient (Wildman–Crippen LogP) is 3.30.